The van der Waals surface area contributed by atoms with Crippen molar-refractivity contribution >= 4 is 17.5 Å². The van der Waals surface area contributed by atoms with Crippen molar-refractivity contribution in [2.45, 2.75) is 33.6 Å². The highest BCUT2D eigenvalue weighted by molar-refractivity contribution is 6.48. The predicted molar refractivity (Wildman–Crippen MR) is 77.6 cm³/mol. The fourth-order valence-electron chi connectivity index (χ4n) is 4.52. The molecule has 0 N–H and O–H groups in total. The lowest BCUT2D eigenvalue weighted by Crippen LogP contribution is -2.56. The smallest absolute Gasteiger partial charge is 0.237 e. The van der Waals surface area contributed by atoms with E-state index < -0.39 is 22.0 Å². The Bertz CT molecular complexity index is 534. The molecule has 5 nitrogen and oxygen atoms in total. The summed E-state index contributed by atoms with van der Waals surface area (Å²) in [6.07, 6.45) is 1.16. The van der Waals surface area contributed by atoms with Crippen LogP contribution in [0, 0.1) is 16.2 Å². The van der Waals surface area contributed by atoms with Crippen LogP contribution in [0.4, 0.5) is 0 Å². The maximum Gasteiger partial charge on any atom is 0.237 e. The van der Waals surface area contributed by atoms with Crippen LogP contribution < -0.4 is 0 Å². The molecule has 2 saturated carbocycles. The predicted octanol–water partition coefficient (Wildman–Crippen LogP) is 0.725. The molecule has 2 unspecified atom stereocenters. The molecule has 2 bridgehead atoms. The maximum absolute atomic E-state index is 13.1. The van der Waals surface area contributed by atoms with Crippen molar-refractivity contribution in [3.63, 3.8) is 0 Å². The Morgan fingerprint density at radius 1 is 0.952 bits per heavy atom. The van der Waals surface area contributed by atoms with E-state index in [4.69, 9.17) is 0 Å². The number of piperazine rings is 1. The highest BCUT2D eigenvalue weighted by Crippen LogP contribution is 2.69. The largest absolute Gasteiger partial charge is 0.339 e. The number of nitrogens with zero attached hydrogens (tertiary/aromatic N) is 2. The Kier molecular flexibility index (Phi) is 2.91. The summed E-state index contributed by atoms with van der Waals surface area (Å²) in [6, 6.07) is 0. The van der Waals surface area contributed by atoms with E-state index >= 15 is 0 Å². The molecule has 2 aliphatic carbocycles. The van der Waals surface area contributed by atoms with Crippen LogP contribution in [0.25, 0.3) is 0 Å². The van der Waals surface area contributed by atoms with Crippen molar-refractivity contribution in [2.24, 2.45) is 16.2 Å². The number of rotatable bonds is 1. The molecule has 1 aliphatic heterocycles. The van der Waals surface area contributed by atoms with Gasteiger partial charge in [-0.2, -0.15) is 0 Å². The van der Waals surface area contributed by atoms with E-state index in [9.17, 15) is 14.4 Å². The second-order valence-corrected chi connectivity index (χ2v) is 7.62. The molecule has 0 aromatic rings. The van der Waals surface area contributed by atoms with Crippen LogP contribution in [0.5, 0.6) is 0 Å². The molecule has 0 spiro atoms. The number of fused-ring (bicyclic) bond motifs is 2. The van der Waals surface area contributed by atoms with Gasteiger partial charge in [0.15, 0.2) is 0 Å². The van der Waals surface area contributed by atoms with Gasteiger partial charge in [-0.05, 0) is 25.3 Å². The number of Topliss-reactive ketones (excluding diaryl/α,β-unsaturated/α-hetero) is 2. The van der Waals surface area contributed by atoms with Crippen molar-refractivity contribution in [1.82, 2.24) is 9.80 Å². The number of carbonyl (C=O) groups excluding carboxylic acids is 3. The van der Waals surface area contributed by atoms with Gasteiger partial charge in [0.2, 0.25) is 17.5 Å². The minimum absolute atomic E-state index is 0.111. The molecule has 3 aliphatic rings. The van der Waals surface area contributed by atoms with Crippen LogP contribution in [-0.4, -0.2) is 60.5 Å². The molecule has 3 rings (SSSR count). The third kappa shape index (κ3) is 1.48. The lowest BCUT2D eigenvalue weighted by atomic mass is 9.64. The highest BCUT2D eigenvalue weighted by atomic mass is 16.2. The average molecular weight is 292 g/mol. The summed E-state index contributed by atoms with van der Waals surface area (Å²) in [5.74, 6) is -0.883. The zero-order valence-electron chi connectivity index (χ0n) is 13.4. The van der Waals surface area contributed by atoms with Crippen LogP contribution >= 0.6 is 0 Å². The van der Waals surface area contributed by atoms with Crippen molar-refractivity contribution in [1.29, 1.82) is 0 Å². The Hall–Kier alpha value is -1.23. The van der Waals surface area contributed by atoms with E-state index in [-0.39, 0.29) is 11.7 Å². The summed E-state index contributed by atoms with van der Waals surface area (Å²) < 4.78 is 0. The van der Waals surface area contributed by atoms with Crippen molar-refractivity contribution in [3.8, 4) is 0 Å². The third-order valence-electron chi connectivity index (χ3n) is 6.70. The molecule has 116 valence electrons. The normalized spacial score (nSPS) is 39.1. The molecule has 5 heteroatoms. The van der Waals surface area contributed by atoms with Crippen molar-refractivity contribution < 1.29 is 14.4 Å². The first-order chi connectivity index (χ1) is 9.68. The van der Waals surface area contributed by atoms with Crippen molar-refractivity contribution in [3.05, 3.63) is 0 Å². The third-order valence-corrected chi connectivity index (χ3v) is 6.70. The van der Waals surface area contributed by atoms with Crippen LogP contribution in [0.15, 0.2) is 0 Å². The first kappa shape index (κ1) is 14.7. The Labute approximate surface area is 125 Å². The number of ketones is 2. The van der Waals surface area contributed by atoms with Crippen LogP contribution in [0.2, 0.25) is 0 Å². The van der Waals surface area contributed by atoms with E-state index in [2.05, 4.69) is 4.90 Å². The Balaban J connectivity index is 1.99. The van der Waals surface area contributed by atoms with Gasteiger partial charge in [0.25, 0.3) is 0 Å². The van der Waals surface area contributed by atoms with Crippen molar-refractivity contribution in [2.75, 3.05) is 33.2 Å². The van der Waals surface area contributed by atoms with Gasteiger partial charge in [0.1, 0.15) is 5.41 Å². The van der Waals surface area contributed by atoms with E-state index in [1.54, 1.807) is 4.90 Å². The van der Waals surface area contributed by atoms with Crippen LogP contribution in [0.3, 0.4) is 0 Å². The summed E-state index contributed by atoms with van der Waals surface area (Å²) in [5.41, 5.74) is -2.38. The van der Waals surface area contributed by atoms with Crippen LogP contribution in [0.1, 0.15) is 33.6 Å². The minimum atomic E-state index is -1.12. The zero-order valence-corrected chi connectivity index (χ0v) is 13.4. The fourth-order valence-corrected chi connectivity index (χ4v) is 4.52. The van der Waals surface area contributed by atoms with Gasteiger partial charge in [-0.1, -0.05) is 20.8 Å². The number of hydrogen-bond acceptors (Lipinski definition) is 4. The monoisotopic (exact) mass is 292 g/mol. The molecule has 1 heterocycles. The summed E-state index contributed by atoms with van der Waals surface area (Å²) in [4.78, 5) is 42.2. The summed E-state index contributed by atoms with van der Waals surface area (Å²) >= 11 is 0. The molecule has 3 fully saturated rings. The maximum atomic E-state index is 13.1. The molecule has 0 aromatic heterocycles. The van der Waals surface area contributed by atoms with E-state index in [1.165, 1.54) is 0 Å². The molecule has 1 amide bonds. The molecular weight excluding hydrogens is 268 g/mol. The van der Waals surface area contributed by atoms with Gasteiger partial charge in [-0.15, -0.1) is 0 Å². The first-order valence-electron chi connectivity index (χ1n) is 7.76. The van der Waals surface area contributed by atoms with Gasteiger partial charge < -0.3 is 9.80 Å². The number of carbonyl (C=O) groups is 3. The average Bonchev–Trinajstić information content (AvgIpc) is 2.71. The summed E-state index contributed by atoms with van der Waals surface area (Å²) in [7, 11) is 2.03. The molecule has 0 aromatic carbocycles. The SMILES string of the molecule is CN1CCN(C(=O)C23CCC(C)(C(=O)C2=O)C3(C)C)CC1. The van der Waals surface area contributed by atoms with E-state index in [1.807, 2.05) is 27.8 Å². The second-order valence-electron chi connectivity index (χ2n) is 7.62. The van der Waals surface area contributed by atoms with Gasteiger partial charge >= 0.3 is 0 Å². The highest BCUT2D eigenvalue weighted by Gasteiger charge is 2.78. The summed E-state index contributed by atoms with van der Waals surface area (Å²) in [5, 5.41) is 0. The lowest BCUT2D eigenvalue weighted by molar-refractivity contribution is -0.156. The van der Waals surface area contributed by atoms with Gasteiger partial charge in [0, 0.05) is 31.6 Å². The van der Waals surface area contributed by atoms with Gasteiger partial charge in [-0.25, -0.2) is 0 Å². The number of hydrogen-bond donors (Lipinski definition) is 0. The van der Waals surface area contributed by atoms with E-state index in [0.717, 1.165) is 13.1 Å². The standard InChI is InChI=1S/C16H24N2O3/c1-14(2)15(3)5-6-16(14,12(20)11(15)19)13(21)18-9-7-17(4)8-10-18/h5-10H2,1-4H3. The quantitative estimate of drug-likeness (QED) is 0.528. The molecular formula is C16H24N2O3. The lowest BCUT2D eigenvalue weighted by Gasteiger charge is -2.42. The second kappa shape index (κ2) is 4.15. The molecule has 2 atom stereocenters. The molecule has 0 radical (unpaired) electrons. The topological polar surface area (TPSA) is 57.7 Å². The number of likely N-dealkylation sites (N-methyl/N-ethyl adjacent to an activating group) is 1. The van der Waals surface area contributed by atoms with E-state index in [0.29, 0.717) is 25.9 Å². The van der Waals surface area contributed by atoms with Crippen LogP contribution in [-0.2, 0) is 14.4 Å². The molecule has 1 saturated heterocycles. The zero-order chi connectivity index (χ0) is 15.6. The fraction of sp³-hybridized carbons (Fsp3) is 0.812. The first-order valence-corrected chi connectivity index (χ1v) is 7.76. The van der Waals surface area contributed by atoms with Gasteiger partial charge in [-0.3, -0.25) is 14.4 Å². The van der Waals surface area contributed by atoms with Gasteiger partial charge in [0.05, 0.1) is 0 Å². The number of amides is 1. The summed E-state index contributed by atoms with van der Waals surface area (Å²) in [6.45, 7) is 8.65. The Morgan fingerprint density at radius 3 is 2.00 bits per heavy atom. The minimum Gasteiger partial charge on any atom is -0.339 e. The Morgan fingerprint density at radius 2 is 1.52 bits per heavy atom. The molecule has 21 heavy (non-hydrogen) atoms.